The van der Waals surface area contributed by atoms with Crippen LogP contribution in [0.3, 0.4) is 0 Å². The molecule has 0 spiro atoms. The summed E-state index contributed by atoms with van der Waals surface area (Å²) in [4.78, 5) is 21.7. The van der Waals surface area contributed by atoms with Gasteiger partial charge in [-0.25, -0.2) is 4.39 Å². The molecule has 108 valence electrons. The molecule has 1 rings (SSSR count). The molecule has 0 radical (unpaired) electrons. The average molecular weight is 279 g/mol. The molecule has 0 aliphatic carbocycles. The minimum Gasteiger partial charge on any atom is -0.481 e. The lowest BCUT2D eigenvalue weighted by Crippen LogP contribution is -2.22. The summed E-state index contributed by atoms with van der Waals surface area (Å²) in [5, 5.41) is 11.2. The molecule has 0 saturated heterocycles. The molecular formula is C15H18FNO3. The highest BCUT2D eigenvalue weighted by atomic mass is 19.1. The van der Waals surface area contributed by atoms with Crippen LogP contribution in [-0.4, -0.2) is 23.5 Å². The lowest BCUT2D eigenvalue weighted by Gasteiger charge is -2.01. The van der Waals surface area contributed by atoms with Crippen molar-refractivity contribution in [1.82, 2.24) is 5.32 Å². The minimum atomic E-state index is -0.795. The number of halogens is 1. The molecule has 0 aromatic heterocycles. The zero-order valence-electron chi connectivity index (χ0n) is 11.1. The number of nitrogens with one attached hydrogen (secondary N) is 1. The van der Waals surface area contributed by atoms with E-state index >= 15 is 0 Å². The summed E-state index contributed by atoms with van der Waals surface area (Å²) < 4.78 is 12.7. The van der Waals surface area contributed by atoms with Crippen LogP contribution in [0.4, 0.5) is 4.39 Å². The maximum absolute atomic E-state index is 12.7. The van der Waals surface area contributed by atoms with Crippen molar-refractivity contribution in [3.8, 4) is 0 Å². The van der Waals surface area contributed by atoms with Crippen molar-refractivity contribution in [2.75, 3.05) is 6.54 Å². The van der Waals surface area contributed by atoms with Crippen LogP contribution in [0, 0.1) is 5.82 Å². The highest BCUT2D eigenvalue weighted by Crippen LogP contribution is 2.04. The van der Waals surface area contributed by atoms with Crippen LogP contribution in [0.5, 0.6) is 0 Å². The Morgan fingerprint density at radius 2 is 1.85 bits per heavy atom. The summed E-state index contributed by atoms with van der Waals surface area (Å²) in [6.07, 6.45) is 5.32. The van der Waals surface area contributed by atoms with Crippen LogP contribution in [0.2, 0.25) is 0 Å². The van der Waals surface area contributed by atoms with E-state index in [4.69, 9.17) is 5.11 Å². The molecule has 0 aliphatic heterocycles. The first kappa shape index (κ1) is 15.9. The number of carbonyl (C=O) groups excluding carboxylic acids is 1. The molecule has 0 unspecified atom stereocenters. The predicted molar refractivity (Wildman–Crippen MR) is 74.5 cm³/mol. The van der Waals surface area contributed by atoms with Crippen LogP contribution < -0.4 is 5.32 Å². The molecule has 1 amide bonds. The van der Waals surface area contributed by atoms with Crippen molar-refractivity contribution in [2.45, 2.75) is 25.7 Å². The fraction of sp³-hybridized carbons (Fsp3) is 0.333. The lowest BCUT2D eigenvalue weighted by molar-refractivity contribution is -0.137. The standard InChI is InChI=1S/C15H18FNO3/c16-13-8-5-12(6-9-13)7-10-14(18)17-11-3-1-2-4-15(19)20/h5-10H,1-4,11H2,(H,17,18)(H,19,20)/b10-7+. The first-order chi connectivity index (χ1) is 9.58. The number of rotatable bonds is 8. The van der Waals surface area contributed by atoms with Gasteiger partial charge in [-0.1, -0.05) is 18.6 Å². The normalized spacial score (nSPS) is 10.7. The Labute approximate surface area is 117 Å². The average Bonchev–Trinajstić information content (AvgIpc) is 2.41. The van der Waals surface area contributed by atoms with Crippen molar-refractivity contribution in [3.63, 3.8) is 0 Å². The first-order valence-electron chi connectivity index (χ1n) is 6.51. The van der Waals surface area contributed by atoms with Gasteiger partial charge in [0.1, 0.15) is 5.82 Å². The van der Waals surface area contributed by atoms with E-state index in [-0.39, 0.29) is 18.1 Å². The van der Waals surface area contributed by atoms with Crippen molar-refractivity contribution >= 4 is 18.0 Å². The number of benzene rings is 1. The van der Waals surface area contributed by atoms with E-state index in [1.165, 1.54) is 18.2 Å². The summed E-state index contributed by atoms with van der Waals surface area (Å²) in [5.74, 6) is -1.32. The Balaban J connectivity index is 2.17. The monoisotopic (exact) mass is 279 g/mol. The topological polar surface area (TPSA) is 66.4 Å². The lowest BCUT2D eigenvalue weighted by atomic mass is 10.2. The largest absolute Gasteiger partial charge is 0.481 e. The van der Waals surface area contributed by atoms with Gasteiger partial charge in [0.05, 0.1) is 0 Å². The molecule has 0 atom stereocenters. The second kappa shape index (κ2) is 8.85. The smallest absolute Gasteiger partial charge is 0.303 e. The van der Waals surface area contributed by atoms with Gasteiger partial charge in [-0.05, 0) is 36.6 Å². The third-order valence-corrected chi connectivity index (χ3v) is 2.66. The van der Waals surface area contributed by atoms with Crippen molar-refractivity contribution in [2.24, 2.45) is 0 Å². The highest BCUT2D eigenvalue weighted by molar-refractivity contribution is 5.91. The van der Waals surface area contributed by atoms with Crippen molar-refractivity contribution in [3.05, 3.63) is 41.7 Å². The highest BCUT2D eigenvalue weighted by Gasteiger charge is 1.98. The van der Waals surface area contributed by atoms with Crippen LogP contribution in [0.25, 0.3) is 6.08 Å². The third kappa shape index (κ3) is 7.31. The fourth-order valence-corrected chi connectivity index (χ4v) is 1.59. The second-order valence-electron chi connectivity index (χ2n) is 4.38. The molecule has 0 bridgehead atoms. The second-order valence-corrected chi connectivity index (χ2v) is 4.38. The zero-order valence-corrected chi connectivity index (χ0v) is 11.1. The predicted octanol–water partition coefficient (Wildman–Crippen LogP) is 2.60. The third-order valence-electron chi connectivity index (χ3n) is 2.66. The Morgan fingerprint density at radius 3 is 2.50 bits per heavy atom. The summed E-state index contributed by atoms with van der Waals surface area (Å²) in [6, 6.07) is 5.84. The zero-order chi connectivity index (χ0) is 14.8. The number of carbonyl (C=O) groups is 2. The quantitative estimate of drug-likeness (QED) is 0.568. The van der Waals surface area contributed by atoms with E-state index in [2.05, 4.69) is 5.32 Å². The number of carboxylic acids is 1. The van der Waals surface area contributed by atoms with E-state index < -0.39 is 5.97 Å². The van der Waals surface area contributed by atoms with E-state index in [0.717, 1.165) is 18.4 Å². The van der Waals surface area contributed by atoms with Gasteiger partial charge < -0.3 is 10.4 Å². The van der Waals surface area contributed by atoms with Gasteiger partial charge in [-0.15, -0.1) is 0 Å². The van der Waals surface area contributed by atoms with Gasteiger partial charge in [0.2, 0.25) is 5.91 Å². The number of carboxylic acid groups (broad SMARTS) is 1. The Kier molecular flexibility index (Phi) is 7.03. The first-order valence-corrected chi connectivity index (χ1v) is 6.51. The molecule has 2 N–H and O–H groups in total. The number of hydrogen-bond donors (Lipinski definition) is 2. The molecule has 20 heavy (non-hydrogen) atoms. The summed E-state index contributed by atoms with van der Waals surface area (Å²) in [6.45, 7) is 0.520. The summed E-state index contributed by atoms with van der Waals surface area (Å²) in [7, 11) is 0. The fourth-order valence-electron chi connectivity index (χ4n) is 1.59. The summed E-state index contributed by atoms with van der Waals surface area (Å²) in [5.41, 5.74) is 0.753. The van der Waals surface area contributed by atoms with Crippen molar-refractivity contribution < 1.29 is 19.1 Å². The Morgan fingerprint density at radius 1 is 1.15 bits per heavy atom. The molecule has 0 saturated carbocycles. The molecule has 1 aromatic carbocycles. The molecule has 0 aliphatic rings. The van der Waals surface area contributed by atoms with Gasteiger partial charge in [-0.2, -0.15) is 0 Å². The molecule has 4 nitrogen and oxygen atoms in total. The minimum absolute atomic E-state index is 0.165. The van der Waals surface area contributed by atoms with Gasteiger partial charge in [0, 0.05) is 19.0 Å². The van der Waals surface area contributed by atoms with Crippen LogP contribution in [-0.2, 0) is 9.59 Å². The van der Waals surface area contributed by atoms with E-state index in [9.17, 15) is 14.0 Å². The van der Waals surface area contributed by atoms with Crippen LogP contribution >= 0.6 is 0 Å². The van der Waals surface area contributed by atoms with Crippen LogP contribution in [0.15, 0.2) is 30.3 Å². The Hall–Kier alpha value is -2.17. The number of aliphatic carboxylic acids is 1. The molecule has 0 heterocycles. The summed E-state index contributed by atoms with van der Waals surface area (Å²) >= 11 is 0. The number of hydrogen-bond acceptors (Lipinski definition) is 2. The SMILES string of the molecule is O=C(O)CCCCCNC(=O)/C=C/c1ccc(F)cc1. The maximum Gasteiger partial charge on any atom is 0.303 e. The molecule has 1 aromatic rings. The molecule has 5 heteroatoms. The number of amides is 1. The van der Waals surface area contributed by atoms with E-state index in [1.807, 2.05) is 0 Å². The number of unbranched alkanes of at least 4 members (excludes halogenated alkanes) is 2. The molecular weight excluding hydrogens is 261 g/mol. The van der Waals surface area contributed by atoms with E-state index in [1.54, 1.807) is 18.2 Å². The molecule has 0 fully saturated rings. The van der Waals surface area contributed by atoms with Gasteiger partial charge in [0.15, 0.2) is 0 Å². The Bertz CT molecular complexity index is 469. The van der Waals surface area contributed by atoms with Gasteiger partial charge in [0.25, 0.3) is 0 Å². The van der Waals surface area contributed by atoms with Gasteiger partial charge in [-0.3, -0.25) is 9.59 Å². The van der Waals surface area contributed by atoms with Crippen LogP contribution in [0.1, 0.15) is 31.2 Å². The van der Waals surface area contributed by atoms with Crippen molar-refractivity contribution in [1.29, 1.82) is 0 Å². The van der Waals surface area contributed by atoms with Gasteiger partial charge >= 0.3 is 5.97 Å². The maximum atomic E-state index is 12.7. The van der Waals surface area contributed by atoms with E-state index in [0.29, 0.717) is 13.0 Å².